The maximum atomic E-state index is 11.9. The molecule has 0 N–H and O–H groups in total. The highest BCUT2D eigenvalue weighted by molar-refractivity contribution is 5.83. The molecule has 5 nitrogen and oxygen atoms in total. The number of ketones is 1. The Hall–Kier alpha value is -1.23. The summed E-state index contributed by atoms with van der Waals surface area (Å²) in [6.07, 6.45) is 5.23. The Morgan fingerprint density at radius 3 is 2.89 bits per heavy atom. The van der Waals surface area contributed by atoms with Crippen LogP contribution in [-0.2, 0) is 11.3 Å². The number of hydrogen-bond acceptors (Lipinski definition) is 5. The van der Waals surface area contributed by atoms with E-state index in [0.29, 0.717) is 11.8 Å². The predicted molar refractivity (Wildman–Crippen MR) is 64.8 cm³/mol. The zero-order chi connectivity index (χ0) is 12.5. The minimum atomic E-state index is 0.257. The summed E-state index contributed by atoms with van der Waals surface area (Å²) in [6.45, 7) is 3.74. The summed E-state index contributed by atoms with van der Waals surface area (Å²) in [6, 6.07) is 0.413. The van der Waals surface area contributed by atoms with E-state index in [0.717, 1.165) is 50.2 Å². The van der Waals surface area contributed by atoms with E-state index < -0.39 is 0 Å². The van der Waals surface area contributed by atoms with Crippen LogP contribution >= 0.6 is 0 Å². The monoisotopic (exact) mass is 249 g/mol. The molecule has 0 aromatic carbocycles. The van der Waals surface area contributed by atoms with Gasteiger partial charge < -0.3 is 0 Å². The Bertz CT molecular complexity index is 443. The van der Waals surface area contributed by atoms with Gasteiger partial charge in [0.2, 0.25) is 0 Å². The van der Waals surface area contributed by atoms with Crippen LogP contribution in [0.3, 0.4) is 0 Å². The van der Waals surface area contributed by atoms with Crippen LogP contribution < -0.4 is 0 Å². The van der Waals surface area contributed by atoms with Crippen molar-refractivity contribution in [3.05, 3.63) is 11.4 Å². The third kappa shape index (κ3) is 2.07. The molecule has 1 aliphatic carbocycles. The SMILES string of the molecule is Cc1nonc1CN1CCCC1C1CCCC1=O. The van der Waals surface area contributed by atoms with Gasteiger partial charge in [0.15, 0.2) is 0 Å². The molecule has 1 aliphatic heterocycles. The number of likely N-dealkylation sites (tertiary alicyclic amines) is 1. The molecule has 98 valence electrons. The summed E-state index contributed by atoms with van der Waals surface area (Å²) in [5.74, 6) is 0.717. The molecule has 0 radical (unpaired) electrons. The van der Waals surface area contributed by atoms with Crippen LogP contribution in [0.25, 0.3) is 0 Å². The maximum absolute atomic E-state index is 11.9. The Morgan fingerprint density at radius 1 is 1.33 bits per heavy atom. The van der Waals surface area contributed by atoms with Crippen molar-refractivity contribution in [3.8, 4) is 0 Å². The van der Waals surface area contributed by atoms with Gasteiger partial charge in [0.05, 0.1) is 0 Å². The average molecular weight is 249 g/mol. The fourth-order valence-electron chi connectivity index (χ4n) is 3.34. The lowest BCUT2D eigenvalue weighted by atomic mass is 9.95. The van der Waals surface area contributed by atoms with Crippen LogP contribution in [-0.4, -0.2) is 33.6 Å². The molecule has 2 unspecified atom stereocenters. The molecule has 3 rings (SSSR count). The quantitative estimate of drug-likeness (QED) is 0.816. The standard InChI is InChI=1S/C13H19N3O2/c1-9-11(15-18-14-9)8-16-7-3-5-12(16)10-4-2-6-13(10)17/h10,12H,2-8H2,1H3. The van der Waals surface area contributed by atoms with Crippen LogP contribution in [0.4, 0.5) is 0 Å². The minimum Gasteiger partial charge on any atom is -0.299 e. The van der Waals surface area contributed by atoms with Gasteiger partial charge in [0.25, 0.3) is 0 Å². The van der Waals surface area contributed by atoms with Gasteiger partial charge in [-0.3, -0.25) is 9.69 Å². The fraction of sp³-hybridized carbons (Fsp3) is 0.769. The van der Waals surface area contributed by atoms with Crippen LogP contribution in [0, 0.1) is 12.8 Å². The third-order valence-electron chi connectivity index (χ3n) is 4.33. The summed E-state index contributed by atoms with van der Waals surface area (Å²) in [5.41, 5.74) is 1.77. The second kappa shape index (κ2) is 4.80. The average Bonchev–Trinajstić information content (AvgIpc) is 3.03. The summed E-state index contributed by atoms with van der Waals surface area (Å²) < 4.78 is 4.74. The Kier molecular flexibility index (Phi) is 3.16. The first-order valence-corrected chi connectivity index (χ1v) is 6.80. The molecule has 0 spiro atoms. The predicted octanol–water partition coefficient (Wildman–Crippen LogP) is 1.71. The van der Waals surface area contributed by atoms with Crippen LogP contribution in [0.15, 0.2) is 4.63 Å². The van der Waals surface area contributed by atoms with Gasteiger partial charge in [0.1, 0.15) is 17.2 Å². The van der Waals surface area contributed by atoms with Gasteiger partial charge in [-0.1, -0.05) is 10.3 Å². The topological polar surface area (TPSA) is 59.2 Å². The van der Waals surface area contributed by atoms with E-state index >= 15 is 0 Å². The van der Waals surface area contributed by atoms with Crippen molar-refractivity contribution in [2.75, 3.05) is 6.54 Å². The van der Waals surface area contributed by atoms with Gasteiger partial charge in [-0.2, -0.15) is 0 Å². The maximum Gasteiger partial charge on any atom is 0.137 e. The molecule has 2 heterocycles. The van der Waals surface area contributed by atoms with E-state index in [-0.39, 0.29) is 5.92 Å². The van der Waals surface area contributed by atoms with E-state index in [2.05, 4.69) is 15.2 Å². The van der Waals surface area contributed by atoms with Crippen molar-refractivity contribution in [2.45, 2.75) is 51.6 Å². The van der Waals surface area contributed by atoms with Gasteiger partial charge in [-0.25, -0.2) is 4.63 Å². The summed E-state index contributed by atoms with van der Waals surface area (Å²) >= 11 is 0. The highest BCUT2D eigenvalue weighted by atomic mass is 16.6. The summed E-state index contributed by atoms with van der Waals surface area (Å²) in [4.78, 5) is 14.3. The highest BCUT2D eigenvalue weighted by Crippen LogP contribution is 2.34. The molecule has 1 aromatic heterocycles. The number of Topliss-reactive ketones (excluding diaryl/α,β-unsaturated/α-hetero) is 1. The minimum absolute atomic E-state index is 0.257. The van der Waals surface area contributed by atoms with Crippen LogP contribution in [0.5, 0.6) is 0 Å². The lowest BCUT2D eigenvalue weighted by molar-refractivity contribution is -0.122. The first-order valence-electron chi connectivity index (χ1n) is 6.80. The fourth-order valence-corrected chi connectivity index (χ4v) is 3.34. The molecule has 18 heavy (non-hydrogen) atoms. The summed E-state index contributed by atoms with van der Waals surface area (Å²) in [5, 5.41) is 7.76. The van der Waals surface area contributed by atoms with E-state index in [1.54, 1.807) is 0 Å². The molecule has 2 aliphatic rings. The second-order valence-corrected chi connectivity index (χ2v) is 5.44. The molecule has 2 atom stereocenters. The van der Waals surface area contributed by atoms with Crippen molar-refractivity contribution in [2.24, 2.45) is 5.92 Å². The van der Waals surface area contributed by atoms with Crippen molar-refractivity contribution in [1.29, 1.82) is 0 Å². The zero-order valence-corrected chi connectivity index (χ0v) is 10.8. The van der Waals surface area contributed by atoms with Crippen molar-refractivity contribution in [3.63, 3.8) is 0 Å². The zero-order valence-electron chi connectivity index (χ0n) is 10.8. The van der Waals surface area contributed by atoms with Crippen molar-refractivity contribution < 1.29 is 9.42 Å². The number of aryl methyl sites for hydroxylation is 1. The summed E-state index contributed by atoms with van der Waals surface area (Å²) in [7, 11) is 0. The first kappa shape index (κ1) is 11.8. The number of aromatic nitrogens is 2. The lowest BCUT2D eigenvalue weighted by Gasteiger charge is -2.27. The van der Waals surface area contributed by atoms with Crippen molar-refractivity contribution >= 4 is 5.78 Å². The number of hydrogen-bond donors (Lipinski definition) is 0. The second-order valence-electron chi connectivity index (χ2n) is 5.44. The smallest absolute Gasteiger partial charge is 0.137 e. The largest absolute Gasteiger partial charge is 0.299 e. The number of carbonyl (C=O) groups is 1. The van der Waals surface area contributed by atoms with Gasteiger partial charge >= 0.3 is 0 Å². The van der Waals surface area contributed by atoms with Gasteiger partial charge in [0, 0.05) is 24.9 Å². The molecular formula is C13H19N3O2. The molecular weight excluding hydrogens is 230 g/mol. The van der Waals surface area contributed by atoms with Crippen LogP contribution in [0.2, 0.25) is 0 Å². The third-order valence-corrected chi connectivity index (χ3v) is 4.33. The number of carbonyl (C=O) groups excluding carboxylic acids is 1. The van der Waals surface area contributed by atoms with Gasteiger partial charge in [-0.15, -0.1) is 0 Å². The molecule has 1 saturated heterocycles. The molecule has 1 saturated carbocycles. The van der Waals surface area contributed by atoms with E-state index in [4.69, 9.17) is 4.63 Å². The first-order chi connectivity index (χ1) is 8.75. The Balaban J connectivity index is 1.71. The normalized spacial score (nSPS) is 29.3. The molecule has 0 amide bonds. The lowest BCUT2D eigenvalue weighted by Crippen LogP contribution is -2.37. The molecule has 1 aromatic rings. The van der Waals surface area contributed by atoms with E-state index in [1.807, 2.05) is 6.92 Å². The van der Waals surface area contributed by atoms with Gasteiger partial charge in [-0.05, 0) is 39.2 Å². The molecule has 2 fully saturated rings. The number of rotatable bonds is 3. The molecule has 5 heteroatoms. The Morgan fingerprint density at radius 2 is 2.22 bits per heavy atom. The van der Waals surface area contributed by atoms with Crippen LogP contribution in [0.1, 0.15) is 43.5 Å². The Labute approximate surface area is 106 Å². The highest BCUT2D eigenvalue weighted by Gasteiger charge is 2.38. The molecule has 0 bridgehead atoms. The van der Waals surface area contributed by atoms with Crippen molar-refractivity contribution in [1.82, 2.24) is 15.2 Å². The van der Waals surface area contributed by atoms with E-state index in [1.165, 1.54) is 6.42 Å². The van der Waals surface area contributed by atoms with E-state index in [9.17, 15) is 4.79 Å². The number of nitrogens with zero attached hydrogens (tertiary/aromatic N) is 3.